The Labute approximate surface area is 349 Å². The summed E-state index contributed by atoms with van der Waals surface area (Å²) in [7, 11) is 1.38. The number of primary amides is 2. The van der Waals surface area contributed by atoms with Crippen molar-refractivity contribution < 1.29 is 38.4 Å². The first kappa shape index (κ1) is 48.2. The van der Waals surface area contributed by atoms with E-state index in [4.69, 9.17) is 17.2 Å². The molecule has 1 saturated heterocycles. The minimum Gasteiger partial charge on any atom is -0.370 e. The quantitative estimate of drug-likeness (QED) is 0.119. The van der Waals surface area contributed by atoms with Crippen molar-refractivity contribution in [2.24, 2.45) is 29.0 Å². The number of aromatic amines is 1. The first-order chi connectivity index (χ1) is 28.0. The van der Waals surface area contributed by atoms with Gasteiger partial charge < -0.3 is 53.7 Å². The fourth-order valence-electron chi connectivity index (χ4n) is 6.80. The van der Waals surface area contributed by atoms with E-state index < -0.39 is 102 Å². The van der Waals surface area contributed by atoms with Gasteiger partial charge in [0.2, 0.25) is 47.3 Å². The molecule has 326 valence electrons. The molecular weight excluding hydrogens is 781 g/mol. The summed E-state index contributed by atoms with van der Waals surface area (Å²) in [6.07, 6.45) is 2.72. The number of likely N-dealkylation sites (N-methyl/N-ethyl adjacent to an activating group) is 1. The van der Waals surface area contributed by atoms with Crippen LogP contribution in [0.1, 0.15) is 78.2 Å². The van der Waals surface area contributed by atoms with E-state index in [1.165, 1.54) is 18.8 Å². The first-order valence-electron chi connectivity index (χ1n) is 20.2. The number of rotatable bonds is 14. The highest BCUT2D eigenvalue weighted by Crippen LogP contribution is 2.21. The third kappa shape index (κ3) is 14.0. The molecule has 1 aromatic heterocycles. The van der Waals surface area contributed by atoms with E-state index in [1.807, 2.05) is 31.2 Å². The molecule has 1 aliphatic heterocycles. The molecule has 0 bridgehead atoms. The van der Waals surface area contributed by atoms with Crippen molar-refractivity contribution in [1.29, 1.82) is 0 Å². The summed E-state index contributed by atoms with van der Waals surface area (Å²) in [5.74, 6) is -6.11. The average molecular weight is 843 g/mol. The average Bonchev–Trinajstić information content (AvgIpc) is 3.61. The van der Waals surface area contributed by atoms with Gasteiger partial charge in [-0.3, -0.25) is 38.4 Å². The van der Waals surface area contributed by atoms with Crippen LogP contribution < -0.4 is 43.8 Å². The molecule has 0 saturated carbocycles. The summed E-state index contributed by atoms with van der Waals surface area (Å²) >= 11 is 1.31. The highest BCUT2D eigenvalue weighted by Gasteiger charge is 2.37. The number of fused-ring (bicyclic) bond motifs is 1. The molecule has 3 rings (SSSR count). The van der Waals surface area contributed by atoms with Crippen molar-refractivity contribution in [2.75, 3.05) is 25.1 Å². The predicted octanol–water partition coefficient (Wildman–Crippen LogP) is -0.320. The van der Waals surface area contributed by atoms with Crippen LogP contribution in [0.3, 0.4) is 0 Å². The highest BCUT2D eigenvalue weighted by molar-refractivity contribution is 7.99. The molecule has 2 heterocycles. The van der Waals surface area contributed by atoms with Gasteiger partial charge in [0.25, 0.3) is 0 Å². The van der Waals surface area contributed by atoms with Gasteiger partial charge in [0.15, 0.2) is 0 Å². The molecule has 8 atom stereocenters. The van der Waals surface area contributed by atoms with E-state index in [0.29, 0.717) is 19.3 Å². The zero-order valence-corrected chi connectivity index (χ0v) is 35.5. The summed E-state index contributed by atoms with van der Waals surface area (Å²) in [4.78, 5) is 112. The molecule has 12 N–H and O–H groups in total. The number of amides is 8. The minimum absolute atomic E-state index is 0.00533. The predicted molar refractivity (Wildman–Crippen MR) is 225 cm³/mol. The number of hydrogen-bond acceptors (Lipinski definition) is 10. The van der Waals surface area contributed by atoms with Crippen LogP contribution in [-0.2, 0) is 44.8 Å². The van der Waals surface area contributed by atoms with E-state index in [0.717, 1.165) is 21.4 Å². The van der Waals surface area contributed by atoms with Gasteiger partial charge >= 0.3 is 0 Å². The van der Waals surface area contributed by atoms with E-state index in [-0.39, 0.29) is 43.7 Å². The maximum Gasteiger partial charge on any atom is 0.245 e. The number of hydrogen-bond donors (Lipinski definition) is 9. The Kier molecular flexibility index (Phi) is 19.1. The zero-order valence-electron chi connectivity index (χ0n) is 34.6. The fourth-order valence-corrected chi connectivity index (χ4v) is 7.74. The molecule has 1 aliphatic rings. The van der Waals surface area contributed by atoms with Gasteiger partial charge in [-0.2, -0.15) is 11.8 Å². The maximum absolute atomic E-state index is 14.1. The lowest BCUT2D eigenvalue weighted by Gasteiger charge is -2.32. The molecule has 1 fully saturated rings. The Hall–Kier alpha value is -5.17. The van der Waals surface area contributed by atoms with Crippen LogP contribution in [0, 0.1) is 11.8 Å². The molecule has 0 spiro atoms. The van der Waals surface area contributed by atoms with Crippen LogP contribution in [0.25, 0.3) is 10.9 Å². The van der Waals surface area contributed by atoms with Crippen LogP contribution in [0.15, 0.2) is 30.5 Å². The van der Waals surface area contributed by atoms with Crippen molar-refractivity contribution in [3.63, 3.8) is 0 Å². The van der Waals surface area contributed by atoms with E-state index in [2.05, 4.69) is 31.6 Å². The normalized spacial score (nSPS) is 23.4. The van der Waals surface area contributed by atoms with Gasteiger partial charge in [-0.05, 0) is 55.0 Å². The molecule has 1 aromatic carbocycles. The third-order valence-corrected chi connectivity index (χ3v) is 11.9. The summed E-state index contributed by atoms with van der Waals surface area (Å²) in [5.41, 5.74) is 18.4. The minimum atomic E-state index is -1.55. The number of carbonyl (C=O) groups excluding carboxylic acids is 8. The van der Waals surface area contributed by atoms with Crippen LogP contribution >= 0.6 is 11.8 Å². The SMILES string of the molecule is CC[C@@H](C)[C@@H]1NC(=O)[C@H]([C@@H](C)CC)NC(=O)[C@@H](Cc2c[nH]c3ccccc23)NC(=O)CCSCC[C@@H](C(=O)N(C)[C@@H](CCCN)C(N)=O)NC(=O)[C@H](CC(N)=O)NC1=O. The maximum atomic E-state index is 14.1. The number of thioether (sulfide) groups is 1. The summed E-state index contributed by atoms with van der Waals surface area (Å²) in [5, 5.41) is 14.5. The van der Waals surface area contributed by atoms with Crippen LogP contribution in [0.5, 0.6) is 0 Å². The van der Waals surface area contributed by atoms with Crippen molar-refractivity contribution in [1.82, 2.24) is 36.5 Å². The molecule has 19 heteroatoms. The molecular formula is C40H62N10O8S. The Balaban J connectivity index is 2.05. The van der Waals surface area contributed by atoms with Crippen LogP contribution in [0.4, 0.5) is 0 Å². The molecule has 18 nitrogen and oxygen atoms in total. The highest BCUT2D eigenvalue weighted by atomic mass is 32.2. The van der Waals surface area contributed by atoms with Crippen molar-refractivity contribution in [3.8, 4) is 0 Å². The lowest BCUT2D eigenvalue weighted by atomic mass is 9.94. The molecule has 59 heavy (non-hydrogen) atoms. The van der Waals surface area contributed by atoms with Gasteiger partial charge in [0, 0.05) is 42.7 Å². The Morgan fingerprint density at radius 3 is 2.05 bits per heavy atom. The second-order valence-corrected chi connectivity index (χ2v) is 16.4. The summed E-state index contributed by atoms with van der Waals surface area (Å²) in [6, 6.07) is 0.267. The van der Waals surface area contributed by atoms with E-state index in [9.17, 15) is 38.4 Å². The van der Waals surface area contributed by atoms with E-state index in [1.54, 1.807) is 27.0 Å². The van der Waals surface area contributed by atoms with Crippen LogP contribution in [-0.4, -0.2) is 118 Å². The Morgan fingerprint density at radius 2 is 1.44 bits per heavy atom. The van der Waals surface area contributed by atoms with Crippen molar-refractivity contribution in [2.45, 2.75) is 115 Å². The molecule has 0 radical (unpaired) electrons. The largest absolute Gasteiger partial charge is 0.370 e. The Morgan fingerprint density at radius 1 is 0.831 bits per heavy atom. The number of H-pyrrole nitrogens is 1. The van der Waals surface area contributed by atoms with Gasteiger partial charge in [-0.15, -0.1) is 0 Å². The third-order valence-electron chi connectivity index (χ3n) is 10.8. The number of para-hydroxylation sites is 1. The lowest BCUT2D eigenvalue weighted by Crippen LogP contribution is -2.62. The summed E-state index contributed by atoms with van der Waals surface area (Å²) in [6.45, 7) is 7.39. The van der Waals surface area contributed by atoms with Crippen molar-refractivity contribution >= 4 is 69.9 Å². The van der Waals surface area contributed by atoms with Crippen molar-refractivity contribution in [3.05, 3.63) is 36.0 Å². The molecule has 8 amide bonds. The lowest BCUT2D eigenvalue weighted by molar-refractivity contribution is -0.142. The zero-order chi connectivity index (χ0) is 43.8. The summed E-state index contributed by atoms with van der Waals surface area (Å²) < 4.78 is 0. The molecule has 0 unspecified atom stereocenters. The monoisotopic (exact) mass is 842 g/mol. The number of nitrogens with one attached hydrogen (secondary N) is 6. The second kappa shape index (κ2) is 23.4. The van der Waals surface area contributed by atoms with Crippen LogP contribution in [0.2, 0.25) is 0 Å². The van der Waals surface area contributed by atoms with Gasteiger partial charge in [0.1, 0.15) is 36.3 Å². The number of carbonyl (C=O) groups is 8. The van der Waals surface area contributed by atoms with Gasteiger partial charge in [0.05, 0.1) is 6.42 Å². The van der Waals surface area contributed by atoms with Gasteiger partial charge in [-0.1, -0.05) is 58.7 Å². The van der Waals surface area contributed by atoms with Gasteiger partial charge in [-0.25, -0.2) is 0 Å². The number of benzene rings is 1. The number of aromatic nitrogens is 1. The molecule has 2 aromatic rings. The fraction of sp³-hybridized carbons (Fsp3) is 0.600. The molecule has 0 aliphatic carbocycles. The number of nitrogens with two attached hydrogens (primary N) is 3. The standard InChI is InChI=1S/C40H62N10O8S/c1-6-22(3)33-38(56)47-29(20-31(42)51)36(54)46-27(40(58)50(5)30(35(43)53)13-10-16-41)14-17-59-18-15-32(52)45-28(19-24-21-44-26-12-9-8-11-25(24)26)37(55)48-34(23(4)7-2)39(57)49-33/h8-9,11-12,21-23,27-30,33-34,44H,6-7,10,13-20,41H2,1-5H3,(H2,42,51)(H2,43,53)(H,45,52)(H,46,54)(H,47,56)(H,48,55)(H,49,57)/t22-,23+,27+,28-,29+,30+,33+,34+/m1/s1. The Bertz CT molecular complexity index is 1810. The number of nitrogens with zero attached hydrogens (tertiary/aromatic N) is 1. The smallest absolute Gasteiger partial charge is 0.245 e. The topological polar surface area (TPSA) is 294 Å². The second-order valence-electron chi connectivity index (χ2n) is 15.2. The van der Waals surface area contributed by atoms with E-state index >= 15 is 0 Å². The first-order valence-corrected chi connectivity index (χ1v) is 21.4.